The quantitative estimate of drug-likeness (QED) is 0.540. The maximum absolute atomic E-state index is 4.49. The number of thioether (sulfide) groups is 1. The molecule has 0 amide bonds. The van der Waals surface area contributed by atoms with Crippen molar-refractivity contribution in [1.29, 1.82) is 0 Å². The van der Waals surface area contributed by atoms with Gasteiger partial charge in [0.05, 0.1) is 6.33 Å². The second kappa shape index (κ2) is 9.33. The molecule has 2 aromatic heterocycles. The normalized spacial score (nSPS) is 12.6. The van der Waals surface area contributed by atoms with E-state index in [2.05, 4.69) is 45.2 Å². The first-order chi connectivity index (χ1) is 10.2. The highest BCUT2D eigenvalue weighted by atomic mass is 35.5. The molecule has 0 N–H and O–H groups in total. The highest BCUT2D eigenvalue weighted by molar-refractivity contribution is 7.98. The van der Waals surface area contributed by atoms with Gasteiger partial charge >= 0.3 is 0 Å². The van der Waals surface area contributed by atoms with Gasteiger partial charge in [0.1, 0.15) is 16.9 Å². The topological polar surface area (TPSA) is 46.8 Å². The number of imidazole rings is 1. The van der Waals surface area contributed by atoms with Gasteiger partial charge in [-0.3, -0.25) is 0 Å². The number of halogens is 1. The first-order valence-electron chi connectivity index (χ1n) is 7.65. The van der Waals surface area contributed by atoms with Crippen LogP contribution in [0.15, 0.2) is 17.7 Å². The molecule has 0 fully saturated rings. The summed E-state index contributed by atoms with van der Waals surface area (Å²) >= 11 is 1.62. The summed E-state index contributed by atoms with van der Waals surface area (Å²) in [6.45, 7) is 10.1. The molecule has 2 aromatic rings. The lowest BCUT2D eigenvalue weighted by molar-refractivity contribution is 0.288. The molecule has 1 unspecified atom stereocenters. The molecule has 124 valence electrons. The van der Waals surface area contributed by atoms with E-state index < -0.39 is 0 Å². The molecule has 0 aliphatic rings. The summed E-state index contributed by atoms with van der Waals surface area (Å²) in [6.07, 6.45) is 7.90. The Labute approximate surface area is 143 Å². The van der Waals surface area contributed by atoms with E-state index in [9.17, 15) is 0 Å². The zero-order chi connectivity index (χ0) is 15.2. The van der Waals surface area contributed by atoms with Crippen LogP contribution in [0.1, 0.15) is 39.7 Å². The van der Waals surface area contributed by atoms with Crippen LogP contribution in [-0.4, -0.2) is 50.3 Å². The van der Waals surface area contributed by atoms with Crippen LogP contribution >= 0.6 is 24.2 Å². The highest BCUT2D eigenvalue weighted by Crippen LogP contribution is 2.24. The van der Waals surface area contributed by atoms with Crippen LogP contribution < -0.4 is 0 Å². The number of fused-ring (bicyclic) bond motifs is 1. The van der Waals surface area contributed by atoms with E-state index in [1.54, 1.807) is 18.1 Å². The Morgan fingerprint density at radius 3 is 2.59 bits per heavy atom. The first kappa shape index (κ1) is 19.2. The van der Waals surface area contributed by atoms with E-state index >= 15 is 0 Å². The highest BCUT2D eigenvalue weighted by Gasteiger charge is 2.13. The van der Waals surface area contributed by atoms with Gasteiger partial charge in [-0.1, -0.05) is 13.8 Å². The second-order valence-corrected chi connectivity index (χ2v) is 6.02. The van der Waals surface area contributed by atoms with E-state index in [0.717, 1.165) is 42.2 Å². The van der Waals surface area contributed by atoms with Crippen LogP contribution in [0, 0.1) is 0 Å². The van der Waals surface area contributed by atoms with Crippen LogP contribution in [0.3, 0.4) is 0 Å². The fourth-order valence-corrected chi connectivity index (χ4v) is 3.08. The van der Waals surface area contributed by atoms with Crippen LogP contribution in [0.5, 0.6) is 0 Å². The Morgan fingerprint density at radius 2 is 1.95 bits per heavy atom. The fraction of sp³-hybridized carbons (Fsp3) is 0.667. The number of hydrogen-bond acceptors (Lipinski definition) is 5. The summed E-state index contributed by atoms with van der Waals surface area (Å²) in [6, 6.07) is 0.412. The van der Waals surface area contributed by atoms with Crippen molar-refractivity contribution in [2.45, 2.75) is 44.7 Å². The molecule has 0 spiro atoms. The van der Waals surface area contributed by atoms with E-state index in [0.29, 0.717) is 6.04 Å². The van der Waals surface area contributed by atoms with Crippen LogP contribution in [0.25, 0.3) is 11.2 Å². The van der Waals surface area contributed by atoms with Crippen molar-refractivity contribution in [2.75, 3.05) is 25.9 Å². The standard InChI is InChI=1S/C15H25N5S.ClH/c1-5-19(6-2)9-7-8-12(3)20-11-18-13-14(20)16-10-17-15(13)21-4;/h10-12H,5-9H2,1-4H3;1H. The third-order valence-electron chi connectivity index (χ3n) is 3.98. The minimum Gasteiger partial charge on any atom is -0.312 e. The minimum absolute atomic E-state index is 0. The predicted molar refractivity (Wildman–Crippen MR) is 96.1 cm³/mol. The van der Waals surface area contributed by atoms with Crippen molar-refractivity contribution in [2.24, 2.45) is 0 Å². The zero-order valence-electron chi connectivity index (χ0n) is 13.8. The Hall–Kier alpha value is -0.850. The molecule has 7 heteroatoms. The van der Waals surface area contributed by atoms with E-state index in [1.165, 1.54) is 6.42 Å². The lowest BCUT2D eigenvalue weighted by Crippen LogP contribution is -2.24. The first-order valence-corrected chi connectivity index (χ1v) is 8.87. The summed E-state index contributed by atoms with van der Waals surface area (Å²) in [5, 5.41) is 0.953. The molecule has 0 saturated carbocycles. The summed E-state index contributed by atoms with van der Waals surface area (Å²) in [4.78, 5) is 15.6. The third-order valence-corrected chi connectivity index (χ3v) is 4.67. The van der Waals surface area contributed by atoms with Crippen molar-refractivity contribution in [3.05, 3.63) is 12.7 Å². The van der Waals surface area contributed by atoms with Crippen LogP contribution in [-0.2, 0) is 0 Å². The van der Waals surface area contributed by atoms with Crippen molar-refractivity contribution < 1.29 is 0 Å². The molecule has 22 heavy (non-hydrogen) atoms. The van der Waals surface area contributed by atoms with Gasteiger partial charge in [-0.05, 0) is 45.7 Å². The van der Waals surface area contributed by atoms with Gasteiger partial charge in [0, 0.05) is 6.04 Å². The number of aromatic nitrogens is 4. The van der Waals surface area contributed by atoms with E-state index in [1.807, 2.05) is 12.6 Å². The van der Waals surface area contributed by atoms with Crippen molar-refractivity contribution in [3.8, 4) is 0 Å². The molecule has 2 rings (SSSR count). The Morgan fingerprint density at radius 1 is 1.23 bits per heavy atom. The molecule has 0 aliphatic carbocycles. The minimum atomic E-state index is 0. The van der Waals surface area contributed by atoms with Gasteiger partial charge < -0.3 is 9.47 Å². The van der Waals surface area contributed by atoms with Crippen molar-refractivity contribution in [3.63, 3.8) is 0 Å². The summed E-state index contributed by atoms with van der Waals surface area (Å²) in [7, 11) is 0. The predicted octanol–water partition coefficient (Wildman–Crippen LogP) is 3.65. The largest absolute Gasteiger partial charge is 0.312 e. The smallest absolute Gasteiger partial charge is 0.164 e. The van der Waals surface area contributed by atoms with Gasteiger partial charge in [0.2, 0.25) is 0 Å². The molecule has 0 bridgehead atoms. The second-order valence-electron chi connectivity index (χ2n) is 5.23. The van der Waals surface area contributed by atoms with Crippen molar-refractivity contribution >= 4 is 35.3 Å². The zero-order valence-corrected chi connectivity index (χ0v) is 15.5. The van der Waals surface area contributed by atoms with Crippen LogP contribution in [0.4, 0.5) is 0 Å². The molecular formula is C15H26ClN5S. The Balaban J connectivity index is 0.00000242. The van der Waals surface area contributed by atoms with Gasteiger partial charge in [0.25, 0.3) is 0 Å². The van der Waals surface area contributed by atoms with Gasteiger partial charge in [-0.15, -0.1) is 24.2 Å². The Bertz CT molecular complexity index is 570. The van der Waals surface area contributed by atoms with Crippen LogP contribution in [0.2, 0.25) is 0 Å². The summed E-state index contributed by atoms with van der Waals surface area (Å²) in [5.41, 5.74) is 1.87. The number of nitrogens with zero attached hydrogens (tertiary/aromatic N) is 5. The number of rotatable bonds is 8. The molecule has 5 nitrogen and oxygen atoms in total. The van der Waals surface area contributed by atoms with E-state index in [4.69, 9.17) is 0 Å². The molecule has 0 radical (unpaired) electrons. The SMILES string of the molecule is CCN(CC)CCCC(C)n1cnc2c(SC)ncnc21.Cl. The van der Waals surface area contributed by atoms with Gasteiger partial charge in [0.15, 0.2) is 5.65 Å². The Kier molecular flexibility index (Phi) is 8.14. The molecule has 1 atom stereocenters. The van der Waals surface area contributed by atoms with E-state index in [-0.39, 0.29) is 12.4 Å². The maximum atomic E-state index is 4.49. The summed E-state index contributed by atoms with van der Waals surface area (Å²) in [5.74, 6) is 0. The summed E-state index contributed by atoms with van der Waals surface area (Å²) < 4.78 is 2.18. The lowest BCUT2D eigenvalue weighted by atomic mass is 10.1. The molecule has 0 aromatic carbocycles. The maximum Gasteiger partial charge on any atom is 0.164 e. The fourth-order valence-electron chi connectivity index (χ4n) is 2.59. The molecule has 0 aliphatic heterocycles. The van der Waals surface area contributed by atoms with Crippen molar-refractivity contribution in [1.82, 2.24) is 24.4 Å². The third kappa shape index (κ3) is 4.33. The molecule has 0 saturated heterocycles. The number of hydrogen-bond donors (Lipinski definition) is 0. The average Bonchev–Trinajstić information content (AvgIpc) is 2.95. The lowest BCUT2D eigenvalue weighted by Gasteiger charge is -2.19. The molecule has 2 heterocycles. The van der Waals surface area contributed by atoms with Gasteiger partial charge in [-0.25, -0.2) is 15.0 Å². The molecular weight excluding hydrogens is 318 g/mol. The average molecular weight is 344 g/mol. The monoisotopic (exact) mass is 343 g/mol. The van der Waals surface area contributed by atoms with Gasteiger partial charge in [-0.2, -0.15) is 0 Å².